The molecule has 0 spiro atoms. The van der Waals surface area contributed by atoms with E-state index in [0.29, 0.717) is 10.1 Å². The van der Waals surface area contributed by atoms with E-state index >= 15 is 0 Å². The number of halogens is 3. The summed E-state index contributed by atoms with van der Waals surface area (Å²) in [6.45, 7) is 7.19. The molecule has 0 unspecified atom stereocenters. The van der Waals surface area contributed by atoms with Gasteiger partial charge in [0, 0.05) is 5.56 Å². The van der Waals surface area contributed by atoms with Gasteiger partial charge in [0.15, 0.2) is 11.3 Å². The number of amides is 1. The maximum Gasteiger partial charge on any atom is 0.433 e. The lowest BCUT2D eigenvalue weighted by Crippen LogP contribution is -2.16. The molecule has 1 N–H and O–H groups in total. The third-order valence-corrected chi connectivity index (χ3v) is 7.29. The first-order valence-electron chi connectivity index (χ1n) is 12.1. The van der Waals surface area contributed by atoms with E-state index in [2.05, 4.69) is 15.4 Å². The van der Waals surface area contributed by atoms with Gasteiger partial charge in [0.1, 0.15) is 15.4 Å². The molecular formula is C27H25F3N4O5S. The molecule has 0 aliphatic heterocycles. The molecule has 0 bridgehead atoms. The molecule has 0 aliphatic carbocycles. The highest BCUT2D eigenvalue weighted by molar-refractivity contribution is 7.18. The Morgan fingerprint density at radius 1 is 1.12 bits per heavy atom. The number of alkyl halides is 3. The molecule has 40 heavy (non-hydrogen) atoms. The second-order valence-electron chi connectivity index (χ2n) is 9.02. The molecule has 3 aromatic heterocycles. The molecule has 3 heterocycles. The summed E-state index contributed by atoms with van der Waals surface area (Å²) in [6.07, 6.45) is -3.84. The number of methoxy groups -OCH3 is 1. The maximum absolute atomic E-state index is 14.0. The number of fused-ring (bicyclic) bond motifs is 1. The van der Waals surface area contributed by atoms with Crippen LogP contribution in [0.1, 0.15) is 73.9 Å². The van der Waals surface area contributed by atoms with Crippen LogP contribution in [0.25, 0.3) is 16.9 Å². The number of rotatable bonds is 7. The highest BCUT2D eigenvalue weighted by atomic mass is 32.1. The van der Waals surface area contributed by atoms with Crippen molar-refractivity contribution in [3.05, 3.63) is 69.4 Å². The van der Waals surface area contributed by atoms with Gasteiger partial charge in [-0.05, 0) is 37.0 Å². The van der Waals surface area contributed by atoms with Crippen LogP contribution >= 0.6 is 11.3 Å². The highest BCUT2D eigenvalue weighted by Gasteiger charge is 2.36. The second kappa shape index (κ2) is 11.1. The van der Waals surface area contributed by atoms with Gasteiger partial charge in [0.25, 0.3) is 5.91 Å². The number of aromatic nitrogens is 3. The number of carbonyl (C=O) groups is 3. The van der Waals surface area contributed by atoms with Crippen LogP contribution in [0.4, 0.5) is 18.2 Å². The number of carbonyl (C=O) groups excluding carboxylic acids is 3. The number of benzene rings is 1. The van der Waals surface area contributed by atoms with Crippen molar-refractivity contribution < 1.29 is 37.0 Å². The summed E-state index contributed by atoms with van der Waals surface area (Å²) in [5.74, 6) is -2.18. The molecule has 13 heteroatoms. The van der Waals surface area contributed by atoms with E-state index in [-0.39, 0.29) is 50.4 Å². The van der Waals surface area contributed by atoms with Crippen LogP contribution in [0.15, 0.2) is 36.5 Å². The molecule has 0 atom stereocenters. The zero-order valence-corrected chi connectivity index (χ0v) is 23.0. The van der Waals surface area contributed by atoms with Gasteiger partial charge in [0.2, 0.25) is 0 Å². The SMILES string of the molecule is CCOC(=O)c1sc(NC(=O)c2cnn3c(C(F)(F)F)cc(-c4ccc(C(C)C)cc4)nc23)c(C(=O)OC)c1C. The van der Waals surface area contributed by atoms with Crippen molar-refractivity contribution in [2.24, 2.45) is 0 Å². The monoisotopic (exact) mass is 574 g/mol. The Balaban J connectivity index is 1.81. The molecule has 4 aromatic rings. The molecule has 0 fully saturated rings. The predicted octanol–water partition coefficient (Wildman–Crippen LogP) is 6.12. The van der Waals surface area contributed by atoms with Gasteiger partial charge in [0.05, 0.1) is 31.2 Å². The molecular weight excluding hydrogens is 549 g/mol. The molecule has 0 saturated carbocycles. The number of esters is 2. The van der Waals surface area contributed by atoms with E-state index in [1.807, 2.05) is 13.8 Å². The number of hydrogen-bond acceptors (Lipinski definition) is 8. The Labute approximate surface area is 230 Å². The molecule has 4 rings (SSSR count). The second-order valence-corrected chi connectivity index (χ2v) is 10.0. The molecule has 0 aliphatic rings. The van der Waals surface area contributed by atoms with Crippen molar-refractivity contribution in [1.29, 1.82) is 0 Å². The van der Waals surface area contributed by atoms with Gasteiger partial charge < -0.3 is 14.8 Å². The fourth-order valence-electron chi connectivity index (χ4n) is 4.02. The normalized spacial score (nSPS) is 11.6. The molecule has 210 valence electrons. The number of ether oxygens (including phenoxy) is 2. The Kier molecular flexibility index (Phi) is 7.96. The lowest BCUT2D eigenvalue weighted by Gasteiger charge is -2.12. The molecule has 1 amide bonds. The Bertz CT molecular complexity index is 1610. The minimum absolute atomic E-state index is 0.00324. The lowest BCUT2D eigenvalue weighted by atomic mass is 10.0. The maximum atomic E-state index is 14.0. The Morgan fingerprint density at radius 3 is 2.38 bits per heavy atom. The fraction of sp³-hybridized carbons (Fsp3) is 0.296. The van der Waals surface area contributed by atoms with Crippen molar-refractivity contribution in [1.82, 2.24) is 14.6 Å². The van der Waals surface area contributed by atoms with Crippen LogP contribution in [0.5, 0.6) is 0 Å². The number of thiophene rings is 1. The van der Waals surface area contributed by atoms with Crippen LogP contribution in [-0.2, 0) is 15.7 Å². The quantitative estimate of drug-likeness (QED) is 0.265. The van der Waals surface area contributed by atoms with Crippen LogP contribution in [0, 0.1) is 6.92 Å². The standard InChI is InChI=1S/C27H25F3N4O5S/c1-6-39-26(37)21-14(4)20(25(36)38-5)24(40-21)33-23(35)17-12-31-34-19(27(28,29)30)11-18(32-22(17)34)16-9-7-15(8-10-16)13(2)3/h7-13H,6H2,1-5H3,(H,33,35). The van der Waals surface area contributed by atoms with Gasteiger partial charge in [-0.3, -0.25) is 4.79 Å². The minimum atomic E-state index is -4.80. The minimum Gasteiger partial charge on any atom is -0.465 e. The number of nitrogens with one attached hydrogen (secondary N) is 1. The summed E-state index contributed by atoms with van der Waals surface area (Å²) in [7, 11) is 1.14. The first kappa shape index (κ1) is 28.7. The summed E-state index contributed by atoms with van der Waals surface area (Å²) in [5.41, 5.74) is -0.154. The summed E-state index contributed by atoms with van der Waals surface area (Å²) < 4.78 is 52.4. The van der Waals surface area contributed by atoms with Gasteiger partial charge >= 0.3 is 18.1 Å². The van der Waals surface area contributed by atoms with Crippen LogP contribution < -0.4 is 5.32 Å². The van der Waals surface area contributed by atoms with Crippen molar-refractivity contribution in [2.75, 3.05) is 19.0 Å². The Hall–Kier alpha value is -4.26. The largest absolute Gasteiger partial charge is 0.465 e. The third kappa shape index (κ3) is 5.41. The highest BCUT2D eigenvalue weighted by Crippen LogP contribution is 2.36. The zero-order chi connectivity index (χ0) is 29.4. The molecule has 1 aromatic carbocycles. The summed E-state index contributed by atoms with van der Waals surface area (Å²) in [4.78, 5) is 42.6. The molecule has 9 nitrogen and oxygen atoms in total. The van der Waals surface area contributed by atoms with E-state index in [1.54, 1.807) is 31.2 Å². The summed E-state index contributed by atoms with van der Waals surface area (Å²) in [6, 6.07) is 7.81. The number of nitrogens with zero attached hydrogens (tertiary/aromatic N) is 3. The van der Waals surface area contributed by atoms with E-state index < -0.39 is 29.7 Å². The first-order chi connectivity index (χ1) is 18.9. The average molecular weight is 575 g/mol. The number of anilines is 1. The van der Waals surface area contributed by atoms with Gasteiger partial charge in [-0.15, -0.1) is 11.3 Å². The third-order valence-electron chi connectivity index (χ3n) is 6.10. The van der Waals surface area contributed by atoms with Gasteiger partial charge in [-0.2, -0.15) is 18.3 Å². The van der Waals surface area contributed by atoms with E-state index in [1.165, 1.54) is 6.92 Å². The lowest BCUT2D eigenvalue weighted by molar-refractivity contribution is -0.142. The smallest absolute Gasteiger partial charge is 0.433 e. The summed E-state index contributed by atoms with van der Waals surface area (Å²) >= 11 is 0.785. The predicted molar refractivity (Wildman–Crippen MR) is 142 cm³/mol. The van der Waals surface area contributed by atoms with Crippen molar-refractivity contribution in [3.63, 3.8) is 0 Å². The van der Waals surface area contributed by atoms with Crippen molar-refractivity contribution >= 4 is 39.8 Å². The fourth-order valence-corrected chi connectivity index (χ4v) is 5.11. The Morgan fingerprint density at radius 2 is 1.80 bits per heavy atom. The molecule has 0 radical (unpaired) electrons. The zero-order valence-electron chi connectivity index (χ0n) is 22.2. The van der Waals surface area contributed by atoms with E-state index in [9.17, 15) is 27.6 Å². The van der Waals surface area contributed by atoms with E-state index in [4.69, 9.17) is 9.47 Å². The van der Waals surface area contributed by atoms with Crippen LogP contribution in [-0.4, -0.2) is 46.2 Å². The van der Waals surface area contributed by atoms with Gasteiger partial charge in [-0.1, -0.05) is 38.1 Å². The topological polar surface area (TPSA) is 112 Å². The summed E-state index contributed by atoms with van der Waals surface area (Å²) in [5, 5.41) is 6.26. The van der Waals surface area contributed by atoms with E-state index in [0.717, 1.165) is 36.3 Å². The van der Waals surface area contributed by atoms with Crippen molar-refractivity contribution in [3.8, 4) is 11.3 Å². The number of hydrogen-bond donors (Lipinski definition) is 1. The molecule has 0 saturated heterocycles. The van der Waals surface area contributed by atoms with Crippen LogP contribution in [0.3, 0.4) is 0 Å². The van der Waals surface area contributed by atoms with Gasteiger partial charge in [-0.25, -0.2) is 19.1 Å². The first-order valence-corrected chi connectivity index (χ1v) is 12.9. The average Bonchev–Trinajstić information content (AvgIpc) is 3.48. The van der Waals surface area contributed by atoms with Crippen LogP contribution in [0.2, 0.25) is 0 Å². The van der Waals surface area contributed by atoms with Crippen molar-refractivity contribution in [2.45, 2.75) is 39.8 Å².